The summed E-state index contributed by atoms with van der Waals surface area (Å²) in [7, 11) is -5.14. The highest BCUT2D eigenvalue weighted by atomic mass is 31.2. The van der Waals surface area contributed by atoms with Crippen LogP contribution < -0.4 is 0 Å². The fourth-order valence-corrected chi connectivity index (χ4v) is 7.28. The first-order valence-corrected chi connectivity index (χ1v) is 24.4. The quantitative estimate of drug-likeness (QED) is 0.0150. The topological polar surface area (TPSA) is 210 Å². The summed E-state index contributed by atoms with van der Waals surface area (Å²) in [6.45, 7) is 3.09. The van der Waals surface area contributed by atoms with Crippen molar-refractivity contribution < 1.29 is 63.1 Å². The Balaban J connectivity index is 2.53. The molecule has 62 heavy (non-hydrogen) atoms. The predicted octanol–water partition coefficient (Wildman–Crippen LogP) is 8.89. The summed E-state index contributed by atoms with van der Waals surface area (Å²) in [4.78, 5) is 35.6. The molecule has 354 valence electrons. The fourth-order valence-electron chi connectivity index (χ4n) is 6.31. The number of ether oxygens (including phenoxy) is 2. The number of unbranched alkanes of at least 4 members (excludes halogenated alkanes) is 10. The molecule has 6 unspecified atom stereocenters. The molecule has 1 aliphatic rings. The smallest absolute Gasteiger partial charge is 0.462 e. The normalized spacial score (nSPS) is 22.6. The van der Waals surface area contributed by atoms with E-state index in [0.717, 1.165) is 70.6 Å². The molecule has 0 bridgehead atoms. The zero-order chi connectivity index (χ0) is 45.7. The number of carbonyl (C=O) groups is 2. The molecule has 6 N–H and O–H groups in total. The highest BCUT2D eigenvalue weighted by Crippen LogP contribution is 2.47. The minimum Gasteiger partial charge on any atom is -0.462 e. The molecule has 14 heteroatoms. The zero-order valence-electron chi connectivity index (χ0n) is 37.4. The lowest BCUT2D eigenvalue weighted by molar-refractivity contribution is -0.220. The van der Waals surface area contributed by atoms with E-state index in [1.54, 1.807) is 0 Å². The molecule has 1 aliphatic carbocycles. The first-order valence-electron chi connectivity index (χ1n) is 22.9. The van der Waals surface area contributed by atoms with Crippen LogP contribution in [0.1, 0.15) is 149 Å². The third kappa shape index (κ3) is 29.4. The van der Waals surface area contributed by atoms with Gasteiger partial charge in [-0.1, -0.05) is 144 Å². The van der Waals surface area contributed by atoms with Crippen molar-refractivity contribution in [3.05, 3.63) is 85.1 Å². The SMILES string of the molecule is CC/C=C\C/C=C\C/C=C\C/C=C\C/C=C\C/C=C\CCC(=O)OC[C@H](COP(=O)(O)OC1C(O)C(O)C(O)[C@@H](O)C1O)OC(=O)CCCCCCC/C=C\CCCCCCC. The number of esters is 2. The number of aliphatic hydroxyl groups is 5. The van der Waals surface area contributed by atoms with Crippen LogP contribution in [0.3, 0.4) is 0 Å². The zero-order valence-corrected chi connectivity index (χ0v) is 38.3. The summed E-state index contributed by atoms with van der Waals surface area (Å²) in [5, 5.41) is 50.1. The monoisotopic (exact) mass is 895 g/mol. The summed E-state index contributed by atoms with van der Waals surface area (Å²) in [5.74, 6) is -1.22. The highest BCUT2D eigenvalue weighted by molar-refractivity contribution is 7.47. The van der Waals surface area contributed by atoms with E-state index < -0.39 is 75.7 Å². The molecule has 1 fully saturated rings. The summed E-state index contributed by atoms with van der Waals surface area (Å²) < 4.78 is 33.4. The number of phosphoric acid groups is 1. The number of phosphoric ester groups is 1. The average molecular weight is 895 g/mol. The summed E-state index contributed by atoms with van der Waals surface area (Å²) >= 11 is 0. The Morgan fingerprint density at radius 1 is 0.516 bits per heavy atom. The molecule has 13 nitrogen and oxygen atoms in total. The molecule has 1 rings (SSSR count). The van der Waals surface area contributed by atoms with Gasteiger partial charge in [-0.2, -0.15) is 0 Å². The van der Waals surface area contributed by atoms with Crippen molar-refractivity contribution in [1.82, 2.24) is 0 Å². The van der Waals surface area contributed by atoms with Crippen molar-refractivity contribution in [2.24, 2.45) is 0 Å². The number of rotatable bonds is 36. The standard InChI is InChI=1S/C48H79O13P/c1-3-5-7-9-11-13-15-17-19-20-21-22-23-25-26-28-30-32-34-36-41(49)58-38-40(39-59-62(56,57)61-48-46(54)44(52)43(51)45(53)47(48)55)60-42(50)37-35-33-31-29-27-24-18-16-14-12-10-8-6-4-2/h5,7,11,13,16-19,21-22,25-26,30,32,40,43-48,51-55H,3-4,6,8-10,12,14-15,20,23-24,27-29,31,33-39H2,1-2H3,(H,56,57)/b7-5-,13-11-,18-16-,19-17-,22-21-,26-25-,32-30-/t40-,43?,44-,45?,46?,47?,48?/m1/s1. The molecule has 8 atom stereocenters. The molecule has 0 amide bonds. The van der Waals surface area contributed by atoms with Crippen molar-refractivity contribution in [2.45, 2.75) is 191 Å². The lowest BCUT2D eigenvalue weighted by Crippen LogP contribution is -2.64. The van der Waals surface area contributed by atoms with E-state index in [2.05, 4.69) is 80.7 Å². The molecule has 0 heterocycles. The minimum absolute atomic E-state index is 0.0358. The number of aliphatic hydroxyl groups excluding tert-OH is 5. The van der Waals surface area contributed by atoms with E-state index in [0.29, 0.717) is 19.3 Å². The predicted molar refractivity (Wildman–Crippen MR) is 244 cm³/mol. The second kappa shape index (κ2) is 37.4. The molecular weight excluding hydrogens is 815 g/mol. The van der Waals surface area contributed by atoms with Gasteiger partial charge < -0.3 is 39.9 Å². The molecule has 0 radical (unpaired) electrons. The van der Waals surface area contributed by atoms with Crippen LogP contribution in [0.5, 0.6) is 0 Å². The van der Waals surface area contributed by atoms with Gasteiger partial charge in [0.05, 0.1) is 6.61 Å². The Morgan fingerprint density at radius 2 is 0.952 bits per heavy atom. The lowest BCUT2D eigenvalue weighted by atomic mass is 9.85. The Hall–Kier alpha value is -2.97. The molecule has 0 saturated heterocycles. The van der Waals surface area contributed by atoms with Crippen LogP contribution in [0.4, 0.5) is 0 Å². The summed E-state index contributed by atoms with van der Waals surface area (Å²) in [5.41, 5.74) is 0. The van der Waals surface area contributed by atoms with Crippen molar-refractivity contribution in [2.75, 3.05) is 13.2 Å². The van der Waals surface area contributed by atoms with E-state index in [-0.39, 0.29) is 12.8 Å². The Labute approximate surface area is 371 Å². The Morgan fingerprint density at radius 3 is 1.47 bits per heavy atom. The number of allylic oxidation sites excluding steroid dienone is 14. The van der Waals surface area contributed by atoms with E-state index >= 15 is 0 Å². The number of hydrogen-bond donors (Lipinski definition) is 6. The van der Waals surface area contributed by atoms with Gasteiger partial charge in [-0.15, -0.1) is 0 Å². The van der Waals surface area contributed by atoms with Gasteiger partial charge in [-0.05, 0) is 77.0 Å². The van der Waals surface area contributed by atoms with Gasteiger partial charge in [0.15, 0.2) is 6.10 Å². The number of carbonyl (C=O) groups excluding carboxylic acids is 2. The van der Waals surface area contributed by atoms with Gasteiger partial charge in [0.1, 0.15) is 43.2 Å². The molecule has 0 spiro atoms. The molecular formula is C48H79O13P. The second-order valence-corrected chi connectivity index (χ2v) is 16.9. The maximum Gasteiger partial charge on any atom is 0.472 e. The van der Waals surface area contributed by atoms with Crippen LogP contribution in [0, 0.1) is 0 Å². The first-order chi connectivity index (χ1) is 29.9. The van der Waals surface area contributed by atoms with Gasteiger partial charge in [-0.25, -0.2) is 4.57 Å². The third-order valence-electron chi connectivity index (χ3n) is 9.98. The molecule has 0 aromatic rings. The van der Waals surface area contributed by atoms with Gasteiger partial charge in [0.25, 0.3) is 0 Å². The summed E-state index contributed by atoms with van der Waals surface area (Å²) in [6, 6.07) is 0. The van der Waals surface area contributed by atoms with Gasteiger partial charge in [0, 0.05) is 12.8 Å². The molecule has 1 saturated carbocycles. The minimum atomic E-state index is -5.14. The maximum atomic E-state index is 12.8. The second-order valence-electron chi connectivity index (χ2n) is 15.5. The van der Waals surface area contributed by atoms with Crippen LogP contribution in [0.25, 0.3) is 0 Å². The van der Waals surface area contributed by atoms with Crippen molar-refractivity contribution >= 4 is 19.8 Å². The Kier molecular flexibility index (Phi) is 34.4. The van der Waals surface area contributed by atoms with Crippen LogP contribution in [-0.4, -0.2) is 98.3 Å². The van der Waals surface area contributed by atoms with Crippen molar-refractivity contribution in [3.8, 4) is 0 Å². The van der Waals surface area contributed by atoms with E-state index in [1.165, 1.54) is 32.1 Å². The average Bonchev–Trinajstić information content (AvgIpc) is 3.25. The highest BCUT2D eigenvalue weighted by Gasteiger charge is 2.51. The largest absolute Gasteiger partial charge is 0.472 e. The molecule has 0 aromatic carbocycles. The third-order valence-corrected chi connectivity index (χ3v) is 11.0. The van der Waals surface area contributed by atoms with Gasteiger partial charge in [0.2, 0.25) is 0 Å². The van der Waals surface area contributed by atoms with Crippen LogP contribution in [0.15, 0.2) is 85.1 Å². The fraction of sp³-hybridized carbons (Fsp3) is 0.667. The molecule has 0 aromatic heterocycles. The van der Waals surface area contributed by atoms with Gasteiger partial charge >= 0.3 is 19.8 Å². The Bertz CT molecular complexity index is 1400. The van der Waals surface area contributed by atoms with Crippen LogP contribution in [-0.2, 0) is 32.7 Å². The van der Waals surface area contributed by atoms with Crippen molar-refractivity contribution in [3.63, 3.8) is 0 Å². The van der Waals surface area contributed by atoms with Gasteiger partial charge in [-0.3, -0.25) is 18.6 Å². The van der Waals surface area contributed by atoms with E-state index in [9.17, 15) is 44.6 Å². The number of hydrogen-bond acceptors (Lipinski definition) is 12. The summed E-state index contributed by atoms with van der Waals surface area (Å²) in [6.07, 6.45) is 35.1. The van der Waals surface area contributed by atoms with Crippen LogP contribution in [0.2, 0.25) is 0 Å². The van der Waals surface area contributed by atoms with E-state index in [4.69, 9.17) is 18.5 Å². The first kappa shape index (κ1) is 57.0. The lowest BCUT2D eigenvalue weighted by Gasteiger charge is -2.41. The van der Waals surface area contributed by atoms with Crippen LogP contribution >= 0.6 is 7.82 Å². The maximum absolute atomic E-state index is 12.8. The molecule has 0 aliphatic heterocycles. The van der Waals surface area contributed by atoms with E-state index in [1.807, 2.05) is 18.2 Å². The van der Waals surface area contributed by atoms with Crippen molar-refractivity contribution in [1.29, 1.82) is 0 Å².